The first-order chi connectivity index (χ1) is 15.8. The molecular weight excluding hydrogens is 416 g/mol. The number of carbonyl (C=O) groups is 1. The quantitative estimate of drug-likeness (QED) is 0.419. The summed E-state index contributed by atoms with van der Waals surface area (Å²) in [5, 5.41) is 11.4. The van der Waals surface area contributed by atoms with Gasteiger partial charge in [0.2, 0.25) is 0 Å². The lowest BCUT2D eigenvalue weighted by Crippen LogP contribution is -2.16. The number of nitrogens with one attached hydrogen (secondary N) is 1. The molecule has 0 aliphatic heterocycles. The van der Waals surface area contributed by atoms with Gasteiger partial charge in [-0.3, -0.25) is 9.48 Å². The highest BCUT2D eigenvalue weighted by atomic mass is 16.5. The summed E-state index contributed by atoms with van der Waals surface area (Å²) in [5.74, 6) is 0.988. The van der Waals surface area contributed by atoms with Gasteiger partial charge >= 0.3 is 0 Å². The van der Waals surface area contributed by atoms with E-state index in [1.807, 2.05) is 74.8 Å². The van der Waals surface area contributed by atoms with Crippen LogP contribution in [0.25, 0.3) is 0 Å². The van der Waals surface area contributed by atoms with Crippen LogP contribution in [-0.2, 0) is 13.2 Å². The Morgan fingerprint density at radius 1 is 1.06 bits per heavy atom. The zero-order valence-electron chi connectivity index (χ0n) is 19.6. The van der Waals surface area contributed by atoms with Crippen LogP contribution in [0.5, 0.6) is 5.75 Å². The molecule has 7 nitrogen and oxygen atoms in total. The second-order valence-electron chi connectivity index (χ2n) is 8.36. The standard InChI is InChI=1S/C26H28N4O3/c1-16-9-10-24(17(2)11-16)32-15-23-20(5)33-29-25(23)26(31)27-22-8-6-7-21(13-22)14-30-19(4)12-18(3)28-30/h6-13H,14-15H2,1-5H3,(H,27,31). The summed E-state index contributed by atoms with van der Waals surface area (Å²) in [5.41, 5.74) is 6.85. The van der Waals surface area contributed by atoms with Crippen LogP contribution >= 0.6 is 0 Å². The zero-order chi connectivity index (χ0) is 23.5. The fourth-order valence-electron chi connectivity index (χ4n) is 3.80. The Kier molecular flexibility index (Phi) is 6.31. The molecule has 0 bridgehead atoms. The van der Waals surface area contributed by atoms with Crippen molar-refractivity contribution < 1.29 is 14.1 Å². The number of aryl methyl sites for hydroxylation is 5. The molecule has 0 spiro atoms. The Hall–Kier alpha value is -3.87. The molecule has 7 heteroatoms. The average Bonchev–Trinajstić information content (AvgIpc) is 3.28. The number of aromatic nitrogens is 3. The van der Waals surface area contributed by atoms with E-state index in [1.165, 1.54) is 5.56 Å². The molecule has 2 aromatic carbocycles. The van der Waals surface area contributed by atoms with E-state index in [2.05, 4.69) is 21.6 Å². The molecule has 2 aromatic heterocycles. The minimum atomic E-state index is -0.339. The van der Waals surface area contributed by atoms with Gasteiger partial charge in [0.25, 0.3) is 5.91 Å². The van der Waals surface area contributed by atoms with Crippen molar-refractivity contribution in [2.45, 2.75) is 47.8 Å². The molecule has 1 N–H and O–H groups in total. The minimum Gasteiger partial charge on any atom is -0.488 e. The average molecular weight is 445 g/mol. The van der Waals surface area contributed by atoms with Crippen molar-refractivity contribution in [1.82, 2.24) is 14.9 Å². The molecule has 170 valence electrons. The summed E-state index contributed by atoms with van der Waals surface area (Å²) < 4.78 is 13.2. The van der Waals surface area contributed by atoms with E-state index in [0.717, 1.165) is 28.3 Å². The first-order valence-corrected chi connectivity index (χ1v) is 10.9. The predicted octanol–water partition coefficient (Wildman–Crippen LogP) is 5.29. The second-order valence-corrected chi connectivity index (χ2v) is 8.36. The lowest BCUT2D eigenvalue weighted by molar-refractivity contribution is 0.101. The third kappa shape index (κ3) is 5.14. The van der Waals surface area contributed by atoms with Gasteiger partial charge in [0.15, 0.2) is 5.69 Å². The van der Waals surface area contributed by atoms with Crippen molar-refractivity contribution in [1.29, 1.82) is 0 Å². The lowest BCUT2D eigenvalue weighted by Gasteiger charge is -2.11. The van der Waals surface area contributed by atoms with Gasteiger partial charge in [-0.25, -0.2) is 0 Å². The van der Waals surface area contributed by atoms with Gasteiger partial charge in [0.05, 0.1) is 17.8 Å². The molecule has 0 radical (unpaired) electrons. The van der Waals surface area contributed by atoms with Crippen LogP contribution in [0.4, 0.5) is 5.69 Å². The Bertz CT molecular complexity index is 1300. The van der Waals surface area contributed by atoms with Gasteiger partial charge in [-0.05, 0) is 70.0 Å². The van der Waals surface area contributed by atoms with E-state index in [0.29, 0.717) is 23.6 Å². The van der Waals surface area contributed by atoms with Crippen molar-refractivity contribution >= 4 is 11.6 Å². The molecule has 2 heterocycles. The van der Waals surface area contributed by atoms with Crippen LogP contribution in [0.15, 0.2) is 53.1 Å². The summed E-state index contributed by atoms with van der Waals surface area (Å²) >= 11 is 0. The molecule has 0 fully saturated rings. The van der Waals surface area contributed by atoms with E-state index >= 15 is 0 Å². The molecule has 4 aromatic rings. The molecule has 4 rings (SSSR count). The summed E-state index contributed by atoms with van der Waals surface area (Å²) in [6.07, 6.45) is 0. The molecule has 0 aliphatic rings. The Morgan fingerprint density at radius 3 is 2.61 bits per heavy atom. The third-order valence-corrected chi connectivity index (χ3v) is 5.52. The van der Waals surface area contributed by atoms with Crippen molar-refractivity contribution in [3.63, 3.8) is 0 Å². The van der Waals surface area contributed by atoms with E-state index in [9.17, 15) is 4.79 Å². The summed E-state index contributed by atoms with van der Waals surface area (Å²) in [4.78, 5) is 13.0. The lowest BCUT2D eigenvalue weighted by atomic mass is 10.1. The predicted molar refractivity (Wildman–Crippen MR) is 127 cm³/mol. The highest BCUT2D eigenvalue weighted by molar-refractivity contribution is 6.03. The van der Waals surface area contributed by atoms with Gasteiger partial charge in [-0.2, -0.15) is 5.10 Å². The molecule has 0 aliphatic carbocycles. The number of ether oxygens (including phenoxy) is 1. The fraction of sp³-hybridized carbons (Fsp3) is 0.269. The molecular formula is C26H28N4O3. The van der Waals surface area contributed by atoms with Crippen molar-refractivity contribution in [3.05, 3.63) is 93.6 Å². The number of carbonyl (C=O) groups excluding carboxylic acids is 1. The number of hydrogen-bond donors (Lipinski definition) is 1. The molecule has 0 saturated carbocycles. The third-order valence-electron chi connectivity index (χ3n) is 5.52. The minimum absolute atomic E-state index is 0.194. The van der Waals surface area contributed by atoms with Crippen LogP contribution in [0, 0.1) is 34.6 Å². The maximum atomic E-state index is 13.0. The highest BCUT2D eigenvalue weighted by Gasteiger charge is 2.21. The first kappa shape index (κ1) is 22.3. The Balaban J connectivity index is 1.47. The fourth-order valence-corrected chi connectivity index (χ4v) is 3.80. The van der Waals surface area contributed by atoms with E-state index in [4.69, 9.17) is 9.26 Å². The first-order valence-electron chi connectivity index (χ1n) is 10.9. The van der Waals surface area contributed by atoms with Gasteiger partial charge < -0.3 is 14.6 Å². The molecule has 1 amide bonds. The molecule has 0 unspecified atom stereocenters. The smallest absolute Gasteiger partial charge is 0.278 e. The van der Waals surface area contributed by atoms with Gasteiger partial charge in [0.1, 0.15) is 18.1 Å². The summed E-state index contributed by atoms with van der Waals surface area (Å²) in [6.45, 7) is 10.6. The maximum Gasteiger partial charge on any atom is 0.278 e. The molecule has 0 saturated heterocycles. The molecule has 0 atom stereocenters. The Labute approximate surface area is 193 Å². The number of hydrogen-bond acceptors (Lipinski definition) is 5. The van der Waals surface area contributed by atoms with Gasteiger partial charge in [-0.1, -0.05) is 35.0 Å². The number of anilines is 1. The number of rotatable bonds is 7. The van der Waals surface area contributed by atoms with Crippen LogP contribution < -0.4 is 10.1 Å². The zero-order valence-corrected chi connectivity index (χ0v) is 19.6. The second kappa shape index (κ2) is 9.32. The SMILES string of the molecule is Cc1ccc(OCc2c(C(=O)Nc3cccc(Cn4nc(C)cc4C)c3)noc2C)c(C)c1. The molecule has 33 heavy (non-hydrogen) atoms. The van der Waals surface area contributed by atoms with Crippen LogP contribution in [-0.4, -0.2) is 20.8 Å². The van der Waals surface area contributed by atoms with Crippen molar-refractivity contribution in [2.24, 2.45) is 0 Å². The Morgan fingerprint density at radius 2 is 1.88 bits per heavy atom. The summed E-state index contributed by atoms with van der Waals surface area (Å²) in [7, 11) is 0. The number of benzene rings is 2. The highest BCUT2D eigenvalue weighted by Crippen LogP contribution is 2.23. The van der Waals surface area contributed by atoms with E-state index < -0.39 is 0 Å². The number of nitrogens with zero attached hydrogens (tertiary/aromatic N) is 3. The van der Waals surface area contributed by atoms with Gasteiger partial charge in [0, 0.05) is 11.4 Å². The van der Waals surface area contributed by atoms with Crippen molar-refractivity contribution in [2.75, 3.05) is 5.32 Å². The topological polar surface area (TPSA) is 82.2 Å². The summed E-state index contributed by atoms with van der Waals surface area (Å²) in [6, 6.07) is 15.7. The van der Waals surface area contributed by atoms with Crippen LogP contribution in [0.1, 0.15) is 49.9 Å². The van der Waals surface area contributed by atoms with Crippen LogP contribution in [0.3, 0.4) is 0 Å². The van der Waals surface area contributed by atoms with Gasteiger partial charge in [-0.15, -0.1) is 0 Å². The maximum absolute atomic E-state index is 13.0. The van der Waals surface area contributed by atoms with E-state index in [-0.39, 0.29) is 18.2 Å². The number of amides is 1. The van der Waals surface area contributed by atoms with Crippen LogP contribution in [0.2, 0.25) is 0 Å². The van der Waals surface area contributed by atoms with E-state index in [1.54, 1.807) is 6.92 Å². The largest absolute Gasteiger partial charge is 0.488 e. The monoisotopic (exact) mass is 444 g/mol. The normalized spacial score (nSPS) is 10.9. The van der Waals surface area contributed by atoms with Crippen molar-refractivity contribution in [3.8, 4) is 5.75 Å².